The Kier molecular flexibility index (Phi) is 4.13. The highest BCUT2D eigenvalue weighted by atomic mass is 35.5. The first-order valence-corrected chi connectivity index (χ1v) is 6.24. The van der Waals surface area contributed by atoms with Crippen LogP contribution in [0, 0.1) is 0 Å². The van der Waals surface area contributed by atoms with E-state index in [0.717, 1.165) is 24.9 Å². The van der Waals surface area contributed by atoms with Crippen molar-refractivity contribution in [3.8, 4) is 0 Å². The van der Waals surface area contributed by atoms with E-state index in [9.17, 15) is 0 Å². The van der Waals surface area contributed by atoms with E-state index in [1.54, 1.807) is 0 Å². The molecule has 0 radical (unpaired) electrons. The monoisotopic (exact) mass is 250 g/mol. The summed E-state index contributed by atoms with van der Waals surface area (Å²) in [6, 6.07) is 7.90. The van der Waals surface area contributed by atoms with Crippen molar-refractivity contribution in [3.05, 3.63) is 39.7 Å². The van der Waals surface area contributed by atoms with E-state index in [1.165, 1.54) is 6.42 Å². The molecule has 0 saturated heterocycles. The molecule has 1 aliphatic rings. The third kappa shape index (κ3) is 3.29. The van der Waals surface area contributed by atoms with E-state index in [1.807, 2.05) is 24.3 Å². The van der Waals surface area contributed by atoms with Gasteiger partial charge in [0.05, 0.1) is 6.04 Å². The van der Waals surface area contributed by atoms with Crippen LogP contribution in [0.1, 0.15) is 25.7 Å². The zero-order valence-corrected chi connectivity index (χ0v) is 10.3. The summed E-state index contributed by atoms with van der Waals surface area (Å²) in [5.74, 6) is 0. The van der Waals surface area contributed by atoms with Gasteiger partial charge in [-0.3, -0.25) is 0 Å². The topological polar surface area (TPSA) is 60.8 Å². The standard InChI is InChI=1S/C12H15ClN4/c13-9-4-3-5-10(8-9)15-11-6-1-2-7-12(11)16-17-14/h3-5,8,11-12,15H,1-2,6-7H2/t11-,12-/m1/s1. The smallest absolute Gasteiger partial charge is 0.0575 e. The second-order valence-corrected chi connectivity index (χ2v) is 4.75. The first kappa shape index (κ1) is 12.1. The maximum Gasteiger partial charge on any atom is 0.0575 e. The highest BCUT2D eigenvalue weighted by Gasteiger charge is 2.23. The summed E-state index contributed by atoms with van der Waals surface area (Å²) in [4.78, 5) is 2.93. The molecule has 1 N–H and O–H groups in total. The molecule has 0 aromatic heterocycles. The third-order valence-corrected chi connectivity index (χ3v) is 3.34. The predicted molar refractivity (Wildman–Crippen MR) is 70.3 cm³/mol. The molecule has 0 bridgehead atoms. The lowest BCUT2D eigenvalue weighted by Gasteiger charge is -2.29. The van der Waals surface area contributed by atoms with Crippen molar-refractivity contribution in [2.75, 3.05) is 5.32 Å². The van der Waals surface area contributed by atoms with Crippen LogP contribution in [0.15, 0.2) is 29.4 Å². The van der Waals surface area contributed by atoms with Crippen molar-refractivity contribution < 1.29 is 0 Å². The Bertz CT molecular complexity index is 428. The lowest BCUT2D eigenvalue weighted by Crippen LogP contribution is -2.34. The quantitative estimate of drug-likeness (QED) is 0.483. The van der Waals surface area contributed by atoms with E-state index < -0.39 is 0 Å². The number of rotatable bonds is 3. The van der Waals surface area contributed by atoms with Gasteiger partial charge in [-0.2, -0.15) is 0 Å². The Morgan fingerprint density at radius 2 is 2.18 bits per heavy atom. The van der Waals surface area contributed by atoms with E-state index >= 15 is 0 Å². The number of benzene rings is 1. The van der Waals surface area contributed by atoms with Crippen molar-refractivity contribution in [2.45, 2.75) is 37.8 Å². The minimum atomic E-state index is 0.0488. The fraction of sp³-hybridized carbons (Fsp3) is 0.500. The Labute approximate surface area is 106 Å². The van der Waals surface area contributed by atoms with Gasteiger partial charge in [0.25, 0.3) is 0 Å². The van der Waals surface area contributed by atoms with Crippen molar-refractivity contribution >= 4 is 17.3 Å². The number of nitrogens with one attached hydrogen (secondary N) is 1. The molecule has 2 rings (SSSR count). The predicted octanol–water partition coefficient (Wildman–Crippen LogP) is 4.37. The Morgan fingerprint density at radius 1 is 1.35 bits per heavy atom. The molecule has 1 aliphatic carbocycles. The molecule has 0 amide bonds. The largest absolute Gasteiger partial charge is 0.382 e. The molecular formula is C12H15ClN4. The molecular weight excluding hydrogens is 236 g/mol. The molecule has 5 heteroatoms. The SMILES string of the molecule is [N-]=[N+]=N[C@@H]1CCCC[C@H]1Nc1cccc(Cl)c1. The lowest BCUT2D eigenvalue weighted by molar-refractivity contribution is 0.403. The van der Waals surface area contributed by atoms with Crippen LogP contribution in [-0.2, 0) is 0 Å². The average molecular weight is 251 g/mol. The number of hydrogen-bond donors (Lipinski definition) is 1. The fourth-order valence-corrected chi connectivity index (χ4v) is 2.47. The van der Waals surface area contributed by atoms with Crippen LogP contribution in [0.3, 0.4) is 0 Å². The van der Waals surface area contributed by atoms with Crippen LogP contribution in [0.25, 0.3) is 10.4 Å². The summed E-state index contributed by atoms with van der Waals surface area (Å²) in [7, 11) is 0. The number of hydrogen-bond acceptors (Lipinski definition) is 2. The van der Waals surface area contributed by atoms with E-state index in [-0.39, 0.29) is 12.1 Å². The van der Waals surface area contributed by atoms with E-state index in [2.05, 4.69) is 15.3 Å². The number of azide groups is 1. The van der Waals surface area contributed by atoms with Crippen LogP contribution >= 0.6 is 11.6 Å². The summed E-state index contributed by atoms with van der Waals surface area (Å²) < 4.78 is 0. The molecule has 1 fully saturated rings. The van der Waals surface area contributed by atoms with Gasteiger partial charge in [0.15, 0.2) is 0 Å². The molecule has 4 nitrogen and oxygen atoms in total. The molecule has 90 valence electrons. The minimum absolute atomic E-state index is 0.0488. The Balaban J connectivity index is 2.07. The summed E-state index contributed by atoms with van der Waals surface area (Å²) in [6.07, 6.45) is 4.31. The first-order chi connectivity index (χ1) is 8.29. The zero-order valence-electron chi connectivity index (χ0n) is 9.51. The van der Waals surface area contributed by atoms with Crippen molar-refractivity contribution in [2.24, 2.45) is 5.11 Å². The van der Waals surface area contributed by atoms with Gasteiger partial charge >= 0.3 is 0 Å². The van der Waals surface area contributed by atoms with E-state index in [0.29, 0.717) is 5.02 Å². The molecule has 17 heavy (non-hydrogen) atoms. The molecule has 1 aromatic carbocycles. The highest BCUT2D eigenvalue weighted by Crippen LogP contribution is 2.25. The Morgan fingerprint density at radius 3 is 2.94 bits per heavy atom. The summed E-state index contributed by atoms with van der Waals surface area (Å²) in [5.41, 5.74) is 9.54. The second kappa shape index (κ2) is 5.80. The maximum atomic E-state index is 8.56. The minimum Gasteiger partial charge on any atom is -0.382 e. The van der Waals surface area contributed by atoms with E-state index in [4.69, 9.17) is 17.1 Å². The first-order valence-electron chi connectivity index (χ1n) is 5.86. The number of anilines is 1. The molecule has 0 spiro atoms. The van der Waals surface area contributed by atoms with Crippen molar-refractivity contribution in [3.63, 3.8) is 0 Å². The van der Waals surface area contributed by atoms with Gasteiger partial charge in [-0.05, 0) is 36.6 Å². The second-order valence-electron chi connectivity index (χ2n) is 4.32. The number of halogens is 1. The zero-order chi connectivity index (χ0) is 12.1. The van der Waals surface area contributed by atoms with Crippen molar-refractivity contribution in [1.29, 1.82) is 0 Å². The van der Waals surface area contributed by atoms with Gasteiger partial charge in [-0.25, -0.2) is 0 Å². The number of nitrogens with zero attached hydrogens (tertiary/aromatic N) is 3. The van der Waals surface area contributed by atoms with Crippen LogP contribution in [0.5, 0.6) is 0 Å². The van der Waals surface area contributed by atoms with Crippen LogP contribution in [-0.4, -0.2) is 12.1 Å². The van der Waals surface area contributed by atoms with Crippen LogP contribution in [0.2, 0.25) is 5.02 Å². The molecule has 2 atom stereocenters. The molecule has 1 aromatic rings. The summed E-state index contributed by atoms with van der Waals surface area (Å²) in [5, 5.41) is 7.99. The molecule has 0 aliphatic heterocycles. The van der Waals surface area contributed by atoms with Gasteiger partial charge in [0.2, 0.25) is 0 Å². The average Bonchev–Trinajstić information content (AvgIpc) is 2.32. The molecule has 0 heterocycles. The lowest BCUT2D eigenvalue weighted by atomic mass is 9.91. The van der Waals surface area contributed by atoms with Crippen LogP contribution in [0.4, 0.5) is 5.69 Å². The summed E-state index contributed by atoms with van der Waals surface area (Å²) in [6.45, 7) is 0. The highest BCUT2D eigenvalue weighted by molar-refractivity contribution is 6.30. The fourth-order valence-electron chi connectivity index (χ4n) is 2.28. The third-order valence-electron chi connectivity index (χ3n) is 3.11. The summed E-state index contributed by atoms with van der Waals surface area (Å²) >= 11 is 5.94. The molecule has 1 saturated carbocycles. The van der Waals surface area contributed by atoms with Gasteiger partial charge in [0, 0.05) is 21.7 Å². The normalized spacial score (nSPS) is 23.8. The van der Waals surface area contributed by atoms with Crippen molar-refractivity contribution in [1.82, 2.24) is 0 Å². The van der Waals surface area contributed by atoms with Gasteiger partial charge < -0.3 is 5.32 Å². The van der Waals surface area contributed by atoms with Gasteiger partial charge in [0.1, 0.15) is 0 Å². The van der Waals surface area contributed by atoms with Gasteiger partial charge in [-0.1, -0.05) is 35.6 Å². The molecule has 0 unspecified atom stereocenters. The maximum absolute atomic E-state index is 8.56. The Hall–Kier alpha value is -1.38. The van der Waals surface area contributed by atoms with Gasteiger partial charge in [-0.15, -0.1) is 0 Å². The van der Waals surface area contributed by atoms with Crippen LogP contribution < -0.4 is 5.32 Å².